The smallest absolute Gasteiger partial charge is 0.326 e. The topological polar surface area (TPSA) is 95.9 Å². The summed E-state index contributed by atoms with van der Waals surface area (Å²) in [4.78, 5) is 38.9. The monoisotopic (exact) mass is 546 g/mol. The Hall–Kier alpha value is -4.20. The Morgan fingerprint density at radius 1 is 0.925 bits per heavy atom. The normalized spacial score (nSPS) is 14.4. The molecule has 1 atom stereocenters. The molecule has 1 heterocycles. The Labute approximate surface area is 234 Å². The van der Waals surface area contributed by atoms with Gasteiger partial charge < -0.3 is 20.1 Å². The van der Waals surface area contributed by atoms with Gasteiger partial charge in [-0.1, -0.05) is 54.6 Å². The van der Waals surface area contributed by atoms with Crippen molar-refractivity contribution in [2.24, 2.45) is 5.92 Å². The van der Waals surface area contributed by atoms with Crippen molar-refractivity contribution in [3.8, 4) is 5.75 Å². The lowest BCUT2D eigenvalue weighted by Gasteiger charge is -2.32. The molecule has 1 aliphatic rings. The molecule has 0 bridgehead atoms. The molecule has 2 amide bonds. The molecule has 40 heavy (non-hydrogen) atoms. The number of ether oxygens (including phenoxy) is 1. The minimum absolute atomic E-state index is 0.0228. The first-order valence-corrected chi connectivity index (χ1v) is 13.7. The van der Waals surface area contributed by atoms with Crippen molar-refractivity contribution in [1.29, 1.82) is 0 Å². The second-order valence-electron chi connectivity index (χ2n) is 10.2. The second kappa shape index (κ2) is 14.3. The first-order valence-electron chi connectivity index (χ1n) is 13.7. The highest BCUT2D eigenvalue weighted by molar-refractivity contribution is 5.84. The summed E-state index contributed by atoms with van der Waals surface area (Å²) in [6, 6.07) is 22.3. The van der Waals surface area contributed by atoms with E-state index >= 15 is 0 Å². The van der Waals surface area contributed by atoms with Crippen LogP contribution in [0.2, 0.25) is 0 Å². The van der Waals surface area contributed by atoms with Crippen LogP contribution >= 0.6 is 0 Å². The number of likely N-dealkylation sites (tertiary alicyclic amines) is 1. The van der Waals surface area contributed by atoms with E-state index in [0.717, 1.165) is 16.7 Å². The molecular weight excluding hydrogens is 511 g/mol. The van der Waals surface area contributed by atoms with Crippen LogP contribution in [0.3, 0.4) is 0 Å². The number of carboxylic acids is 1. The number of aryl methyl sites for hydroxylation is 1. The molecule has 210 valence electrons. The maximum Gasteiger partial charge on any atom is 0.326 e. The predicted octanol–water partition coefficient (Wildman–Crippen LogP) is 4.78. The van der Waals surface area contributed by atoms with Gasteiger partial charge in [0.25, 0.3) is 0 Å². The number of carboxylic acid groups (broad SMARTS) is 1. The molecule has 0 saturated carbocycles. The summed E-state index contributed by atoms with van der Waals surface area (Å²) in [6.07, 6.45) is 2.55. The van der Waals surface area contributed by atoms with Gasteiger partial charge in [0.1, 0.15) is 24.2 Å². The van der Waals surface area contributed by atoms with Crippen molar-refractivity contribution < 1.29 is 28.6 Å². The Kier molecular flexibility index (Phi) is 10.3. The lowest BCUT2D eigenvalue weighted by atomic mass is 9.92. The third-order valence-electron chi connectivity index (χ3n) is 7.20. The third-order valence-corrected chi connectivity index (χ3v) is 7.20. The number of nitrogens with zero attached hydrogens (tertiary/aromatic N) is 1. The van der Waals surface area contributed by atoms with E-state index in [4.69, 9.17) is 4.74 Å². The average Bonchev–Trinajstić information content (AvgIpc) is 2.96. The number of benzene rings is 3. The highest BCUT2D eigenvalue weighted by Gasteiger charge is 2.26. The lowest BCUT2D eigenvalue weighted by molar-refractivity contribution is -0.142. The highest BCUT2D eigenvalue weighted by Crippen LogP contribution is 2.22. The molecule has 0 aliphatic carbocycles. The molecule has 4 rings (SSSR count). The highest BCUT2D eigenvalue weighted by atomic mass is 19.1. The fraction of sp³-hybridized carbons (Fsp3) is 0.344. The van der Waals surface area contributed by atoms with Crippen LogP contribution in [0.5, 0.6) is 5.75 Å². The minimum Gasteiger partial charge on any atom is -0.489 e. The Morgan fingerprint density at radius 3 is 2.30 bits per heavy atom. The number of carbonyl (C=O) groups excluding carboxylic acids is 2. The average molecular weight is 547 g/mol. The van der Waals surface area contributed by atoms with Crippen LogP contribution in [-0.4, -0.2) is 46.9 Å². The van der Waals surface area contributed by atoms with Gasteiger partial charge in [-0.3, -0.25) is 9.59 Å². The molecular formula is C32H35FN2O5. The zero-order valence-electron chi connectivity index (χ0n) is 22.4. The summed E-state index contributed by atoms with van der Waals surface area (Å²) in [6.45, 7) is 1.55. The molecule has 2 N–H and O–H groups in total. The Morgan fingerprint density at radius 2 is 1.62 bits per heavy atom. The third kappa shape index (κ3) is 8.93. The predicted molar refractivity (Wildman–Crippen MR) is 149 cm³/mol. The molecule has 0 aromatic heterocycles. The van der Waals surface area contributed by atoms with Crippen LogP contribution in [0.1, 0.15) is 42.4 Å². The molecule has 7 nitrogen and oxygen atoms in total. The van der Waals surface area contributed by atoms with Gasteiger partial charge in [0, 0.05) is 32.4 Å². The second-order valence-corrected chi connectivity index (χ2v) is 10.2. The zero-order valence-corrected chi connectivity index (χ0v) is 22.4. The first-order chi connectivity index (χ1) is 19.4. The minimum atomic E-state index is -1.09. The Bertz CT molecular complexity index is 1270. The number of hydrogen-bond acceptors (Lipinski definition) is 4. The largest absolute Gasteiger partial charge is 0.489 e. The molecule has 0 spiro atoms. The maximum absolute atomic E-state index is 13.4. The molecule has 3 aromatic rings. The van der Waals surface area contributed by atoms with E-state index in [1.807, 2.05) is 48.5 Å². The molecule has 1 unspecified atom stereocenters. The number of hydrogen-bond donors (Lipinski definition) is 2. The van der Waals surface area contributed by atoms with Gasteiger partial charge in [0.2, 0.25) is 11.8 Å². The molecule has 8 heteroatoms. The lowest BCUT2D eigenvalue weighted by Crippen LogP contribution is -2.44. The standard InChI is InChI=1S/C32H35FN2O5/c33-27-8-4-7-23(19-27)11-14-31(37)35-17-15-25(16-18-35)21-30(36)34-29(32(38)39)20-24-9-12-28(13-10-24)40-22-26-5-2-1-3-6-26/h1-10,12-13,19,25,29H,11,14-18,20-22H2,(H,34,36)(H,38,39). The Balaban J connectivity index is 1.18. The van der Waals surface area contributed by atoms with E-state index in [0.29, 0.717) is 51.1 Å². The van der Waals surface area contributed by atoms with Crippen molar-refractivity contribution in [3.05, 3.63) is 101 Å². The number of nitrogens with one attached hydrogen (secondary N) is 1. The SMILES string of the molecule is O=C(CC1CCN(C(=O)CCc2cccc(F)c2)CC1)NC(Cc1ccc(OCc2ccccc2)cc1)C(=O)O. The summed E-state index contributed by atoms with van der Waals surface area (Å²) in [5, 5.41) is 12.4. The molecule has 0 radical (unpaired) electrons. The van der Waals surface area contributed by atoms with E-state index in [-0.39, 0.29) is 36.4 Å². The zero-order chi connectivity index (χ0) is 28.3. The van der Waals surface area contributed by atoms with Crippen molar-refractivity contribution in [3.63, 3.8) is 0 Å². The summed E-state index contributed by atoms with van der Waals surface area (Å²) in [7, 11) is 0. The van der Waals surface area contributed by atoms with Gasteiger partial charge in [-0.2, -0.15) is 0 Å². The van der Waals surface area contributed by atoms with Gasteiger partial charge in [-0.05, 0) is 66.1 Å². The number of amides is 2. The summed E-state index contributed by atoms with van der Waals surface area (Å²) in [5.74, 6) is -0.904. The van der Waals surface area contributed by atoms with Crippen molar-refractivity contribution in [2.45, 2.75) is 51.2 Å². The van der Waals surface area contributed by atoms with Gasteiger partial charge in [0.05, 0.1) is 0 Å². The van der Waals surface area contributed by atoms with Crippen molar-refractivity contribution >= 4 is 17.8 Å². The van der Waals surface area contributed by atoms with Gasteiger partial charge >= 0.3 is 5.97 Å². The molecule has 1 fully saturated rings. The van der Waals surface area contributed by atoms with Gasteiger partial charge in [-0.25, -0.2) is 9.18 Å². The quantitative estimate of drug-likeness (QED) is 0.341. The van der Waals surface area contributed by atoms with E-state index in [2.05, 4.69) is 5.32 Å². The first kappa shape index (κ1) is 28.8. The van der Waals surface area contributed by atoms with E-state index < -0.39 is 12.0 Å². The fourth-order valence-electron chi connectivity index (χ4n) is 4.90. The summed E-state index contributed by atoms with van der Waals surface area (Å²) in [5.41, 5.74) is 2.63. The number of piperidine rings is 1. The number of halogens is 1. The van der Waals surface area contributed by atoms with Crippen LogP contribution in [0.15, 0.2) is 78.9 Å². The fourth-order valence-corrected chi connectivity index (χ4v) is 4.90. The summed E-state index contributed by atoms with van der Waals surface area (Å²) >= 11 is 0. The number of rotatable bonds is 12. The van der Waals surface area contributed by atoms with Gasteiger partial charge in [0.15, 0.2) is 0 Å². The van der Waals surface area contributed by atoms with E-state index in [1.54, 1.807) is 23.1 Å². The van der Waals surface area contributed by atoms with Crippen LogP contribution in [0.25, 0.3) is 0 Å². The molecule has 1 saturated heterocycles. The van der Waals surface area contributed by atoms with Crippen LogP contribution < -0.4 is 10.1 Å². The summed E-state index contributed by atoms with van der Waals surface area (Å²) < 4.78 is 19.1. The maximum atomic E-state index is 13.4. The van der Waals surface area contributed by atoms with Crippen LogP contribution in [0.4, 0.5) is 4.39 Å². The molecule has 3 aromatic carbocycles. The van der Waals surface area contributed by atoms with Crippen molar-refractivity contribution in [1.82, 2.24) is 10.2 Å². The number of aliphatic carboxylic acids is 1. The van der Waals surface area contributed by atoms with Gasteiger partial charge in [-0.15, -0.1) is 0 Å². The number of carbonyl (C=O) groups is 3. The van der Waals surface area contributed by atoms with Crippen molar-refractivity contribution in [2.75, 3.05) is 13.1 Å². The van der Waals surface area contributed by atoms with Crippen LogP contribution in [0, 0.1) is 11.7 Å². The van der Waals surface area contributed by atoms with E-state index in [1.165, 1.54) is 12.1 Å². The molecule has 1 aliphatic heterocycles. The van der Waals surface area contributed by atoms with E-state index in [9.17, 15) is 23.9 Å². The van der Waals surface area contributed by atoms with Crippen LogP contribution in [-0.2, 0) is 33.8 Å².